The molecule has 1 unspecified atom stereocenters. The summed E-state index contributed by atoms with van der Waals surface area (Å²) >= 11 is 0. The molecule has 2 aliphatic heterocycles. The first kappa shape index (κ1) is 18.7. The Kier molecular flexibility index (Phi) is 5.15. The van der Waals surface area contributed by atoms with Crippen LogP contribution in [0.1, 0.15) is 52.0 Å². The van der Waals surface area contributed by atoms with Crippen molar-refractivity contribution in [1.29, 1.82) is 0 Å². The SMILES string of the molecule is C=CC12CCC(c3cccc(OCOC(C)C(C)(C)[SiH3])c3)(CC1)CO2. The third-order valence-corrected chi connectivity index (χ3v) is 7.08. The zero-order valence-electron chi connectivity index (χ0n) is 16.1. The molecule has 3 fully saturated rings. The molecule has 0 aromatic heterocycles. The fourth-order valence-electron chi connectivity index (χ4n) is 3.73. The van der Waals surface area contributed by atoms with E-state index in [9.17, 15) is 0 Å². The van der Waals surface area contributed by atoms with Crippen LogP contribution in [0.25, 0.3) is 0 Å². The first-order chi connectivity index (χ1) is 11.8. The van der Waals surface area contributed by atoms with Crippen molar-refractivity contribution >= 4 is 10.2 Å². The van der Waals surface area contributed by atoms with E-state index in [1.807, 2.05) is 12.1 Å². The lowest BCUT2D eigenvalue weighted by Crippen LogP contribution is -2.52. The monoisotopic (exact) mass is 360 g/mol. The van der Waals surface area contributed by atoms with Crippen molar-refractivity contribution in [3.63, 3.8) is 0 Å². The molecule has 0 radical (unpaired) electrons. The van der Waals surface area contributed by atoms with Gasteiger partial charge in [-0.15, -0.1) is 6.58 Å². The predicted octanol–water partition coefficient (Wildman–Crippen LogP) is 3.76. The minimum atomic E-state index is -0.0733. The highest BCUT2D eigenvalue weighted by atomic mass is 28.1. The number of ether oxygens (including phenoxy) is 3. The van der Waals surface area contributed by atoms with Crippen LogP contribution in [-0.2, 0) is 14.9 Å². The van der Waals surface area contributed by atoms with Gasteiger partial charge in [-0.1, -0.05) is 32.1 Å². The van der Waals surface area contributed by atoms with E-state index in [0.717, 1.165) is 48.3 Å². The number of hydrogen-bond acceptors (Lipinski definition) is 3. The Bertz CT molecular complexity index is 595. The summed E-state index contributed by atoms with van der Waals surface area (Å²) in [4.78, 5) is 0. The van der Waals surface area contributed by atoms with Gasteiger partial charge in [0.1, 0.15) is 5.75 Å². The molecule has 1 aromatic rings. The molecule has 4 heteroatoms. The number of benzene rings is 1. The van der Waals surface area contributed by atoms with Gasteiger partial charge in [0, 0.05) is 15.7 Å². The first-order valence-electron chi connectivity index (χ1n) is 9.41. The number of fused-ring (bicyclic) bond motifs is 3. The molecule has 2 heterocycles. The van der Waals surface area contributed by atoms with Crippen LogP contribution in [0.2, 0.25) is 5.04 Å². The summed E-state index contributed by atoms with van der Waals surface area (Å²) in [5.74, 6) is 0.886. The molecule has 2 bridgehead atoms. The standard InChI is InChI=1S/C21H32O3Si/c1-5-21-11-9-20(10-12-21,14-24-21)17-7-6-8-18(13-17)23-15-22-16(2)19(3,4)25/h5-8,13,16H,1,9-12,14-15H2,2-4,25H3. The Morgan fingerprint density at radius 3 is 2.60 bits per heavy atom. The van der Waals surface area contributed by atoms with Gasteiger partial charge in [-0.2, -0.15) is 0 Å². The van der Waals surface area contributed by atoms with Gasteiger partial charge in [0.2, 0.25) is 0 Å². The summed E-state index contributed by atoms with van der Waals surface area (Å²) in [6, 6.07) is 8.49. The molecule has 138 valence electrons. The van der Waals surface area contributed by atoms with Gasteiger partial charge < -0.3 is 14.2 Å². The van der Waals surface area contributed by atoms with E-state index in [1.54, 1.807) is 0 Å². The maximum absolute atomic E-state index is 6.18. The maximum Gasteiger partial charge on any atom is 0.189 e. The van der Waals surface area contributed by atoms with E-state index in [2.05, 4.69) is 45.5 Å². The first-order valence-corrected chi connectivity index (χ1v) is 10.4. The smallest absolute Gasteiger partial charge is 0.189 e. The van der Waals surface area contributed by atoms with Gasteiger partial charge in [-0.25, -0.2) is 0 Å². The summed E-state index contributed by atoms with van der Waals surface area (Å²) in [6.07, 6.45) is 6.66. The van der Waals surface area contributed by atoms with Gasteiger partial charge in [-0.3, -0.25) is 0 Å². The summed E-state index contributed by atoms with van der Waals surface area (Å²) in [6.45, 7) is 11.7. The molecule has 0 amide bonds. The average Bonchev–Trinajstić information content (AvgIpc) is 2.63. The van der Waals surface area contributed by atoms with Crippen LogP contribution in [0.15, 0.2) is 36.9 Å². The van der Waals surface area contributed by atoms with Crippen molar-refractivity contribution in [3.05, 3.63) is 42.5 Å². The third-order valence-electron chi connectivity index (χ3n) is 6.27. The molecule has 3 nitrogen and oxygen atoms in total. The van der Waals surface area contributed by atoms with Crippen LogP contribution in [0.5, 0.6) is 5.75 Å². The summed E-state index contributed by atoms with van der Waals surface area (Å²) in [5.41, 5.74) is 1.39. The van der Waals surface area contributed by atoms with Crippen molar-refractivity contribution in [2.75, 3.05) is 13.4 Å². The van der Waals surface area contributed by atoms with E-state index < -0.39 is 0 Å². The molecule has 3 aliphatic rings. The number of rotatable bonds is 7. The van der Waals surface area contributed by atoms with E-state index in [0.29, 0.717) is 6.79 Å². The fourth-order valence-corrected chi connectivity index (χ4v) is 3.89. The van der Waals surface area contributed by atoms with E-state index in [1.165, 1.54) is 5.56 Å². The Morgan fingerprint density at radius 1 is 1.32 bits per heavy atom. The van der Waals surface area contributed by atoms with Crippen LogP contribution in [0, 0.1) is 0 Å². The zero-order chi connectivity index (χ0) is 18.1. The molecule has 2 saturated heterocycles. The highest BCUT2D eigenvalue weighted by molar-refractivity contribution is 6.15. The summed E-state index contributed by atoms with van der Waals surface area (Å²) in [5, 5.41) is 0.253. The second-order valence-electron chi connectivity index (χ2n) is 8.80. The Labute approximate surface area is 155 Å². The van der Waals surface area contributed by atoms with Crippen molar-refractivity contribution in [1.82, 2.24) is 0 Å². The van der Waals surface area contributed by atoms with Crippen LogP contribution in [0.4, 0.5) is 0 Å². The van der Waals surface area contributed by atoms with Crippen molar-refractivity contribution < 1.29 is 14.2 Å². The molecule has 1 saturated carbocycles. The molecular formula is C21H32O3Si. The number of hydrogen-bond donors (Lipinski definition) is 0. The lowest BCUT2D eigenvalue weighted by atomic mass is 9.63. The summed E-state index contributed by atoms with van der Waals surface area (Å²) < 4.78 is 17.9. The van der Waals surface area contributed by atoms with Crippen molar-refractivity contribution in [3.8, 4) is 5.75 Å². The topological polar surface area (TPSA) is 27.7 Å². The van der Waals surface area contributed by atoms with Crippen LogP contribution in [-0.4, -0.2) is 35.3 Å². The highest BCUT2D eigenvalue weighted by Crippen LogP contribution is 2.51. The van der Waals surface area contributed by atoms with Gasteiger partial charge in [0.05, 0.1) is 18.3 Å². The molecule has 0 spiro atoms. The average molecular weight is 361 g/mol. The van der Waals surface area contributed by atoms with Gasteiger partial charge in [-0.05, 0) is 55.3 Å². The Balaban J connectivity index is 1.64. The van der Waals surface area contributed by atoms with Gasteiger partial charge in [0.25, 0.3) is 0 Å². The second kappa shape index (κ2) is 6.90. The van der Waals surface area contributed by atoms with Gasteiger partial charge in [0.15, 0.2) is 6.79 Å². The molecule has 1 aromatic carbocycles. The zero-order valence-corrected chi connectivity index (χ0v) is 18.1. The van der Waals surface area contributed by atoms with E-state index in [4.69, 9.17) is 14.2 Å². The summed E-state index contributed by atoms with van der Waals surface area (Å²) in [7, 11) is 1.10. The minimum Gasteiger partial charge on any atom is -0.468 e. The van der Waals surface area contributed by atoms with Crippen LogP contribution < -0.4 is 4.74 Å². The maximum atomic E-state index is 6.18. The third kappa shape index (κ3) is 3.86. The lowest BCUT2D eigenvalue weighted by Gasteiger charge is -2.52. The van der Waals surface area contributed by atoms with Crippen LogP contribution >= 0.6 is 0 Å². The van der Waals surface area contributed by atoms with Gasteiger partial charge >= 0.3 is 0 Å². The fraction of sp³-hybridized carbons (Fsp3) is 0.619. The Morgan fingerprint density at radius 2 is 2.04 bits per heavy atom. The molecule has 1 atom stereocenters. The van der Waals surface area contributed by atoms with Crippen molar-refractivity contribution in [2.45, 2.75) is 68.6 Å². The quantitative estimate of drug-likeness (QED) is 0.421. The second-order valence-corrected chi connectivity index (χ2v) is 11.4. The molecular weight excluding hydrogens is 328 g/mol. The normalized spacial score (nSPS) is 30.2. The van der Waals surface area contributed by atoms with Crippen molar-refractivity contribution in [2.24, 2.45) is 0 Å². The molecule has 1 aliphatic carbocycles. The molecule has 0 N–H and O–H groups in total. The van der Waals surface area contributed by atoms with E-state index >= 15 is 0 Å². The van der Waals surface area contributed by atoms with Crippen LogP contribution in [0.3, 0.4) is 0 Å². The minimum absolute atomic E-state index is 0.0733. The largest absolute Gasteiger partial charge is 0.468 e. The Hall–Kier alpha value is -1.10. The molecule has 25 heavy (non-hydrogen) atoms. The highest BCUT2D eigenvalue weighted by Gasteiger charge is 2.49. The molecule has 4 rings (SSSR count). The lowest BCUT2D eigenvalue weighted by molar-refractivity contribution is -0.128. The van der Waals surface area contributed by atoms with E-state index in [-0.39, 0.29) is 22.2 Å². The predicted molar refractivity (Wildman–Crippen MR) is 105 cm³/mol.